The van der Waals surface area contributed by atoms with Crippen LogP contribution >= 0.6 is 0 Å². The lowest BCUT2D eigenvalue weighted by atomic mass is 9.87. The molecule has 2 aromatic carbocycles. The summed E-state index contributed by atoms with van der Waals surface area (Å²) in [5.41, 5.74) is 2.99. The molecule has 0 spiro atoms. The molecule has 31 heavy (non-hydrogen) atoms. The van der Waals surface area contributed by atoms with Crippen LogP contribution < -0.4 is 19.1 Å². The van der Waals surface area contributed by atoms with Crippen LogP contribution in [0.3, 0.4) is 0 Å². The van der Waals surface area contributed by atoms with Gasteiger partial charge in [-0.25, -0.2) is 8.42 Å². The summed E-state index contributed by atoms with van der Waals surface area (Å²) in [5, 5.41) is 3.12. The van der Waals surface area contributed by atoms with Gasteiger partial charge in [0.25, 0.3) is 0 Å². The second-order valence-corrected chi connectivity index (χ2v) is 9.88. The Labute approximate surface area is 183 Å². The Hall–Kier alpha value is -2.74. The minimum absolute atomic E-state index is 0.0289. The van der Waals surface area contributed by atoms with Crippen molar-refractivity contribution in [1.82, 2.24) is 5.32 Å². The van der Waals surface area contributed by atoms with Gasteiger partial charge >= 0.3 is 0 Å². The van der Waals surface area contributed by atoms with Gasteiger partial charge in [0.15, 0.2) is 11.5 Å². The molecule has 0 unspecified atom stereocenters. The molecule has 0 saturated carbocycles. The van der Waals surface area contributed by atoms with Gasteiger partial charge in [0.1, 0.15) is 13.2 Å². The van der Waals surface area contributed by atoms with Crippen molar-refractivity contribution in [2.75, 3.05) is 30.3 Å². The second-order valence-electron chi connectivity index (χ2n) is 7.98. The highest BCUT2D eigenvalue weighted by atomic mass is 32.2. The van der Waals surface area contributed by atoms with E-state index in [0.717, 1.165) is 19.3 Å². The largest absolute Gasteiger partial charge is 0.486 e. The van der Waals surface area contributed by atoms with Gasteiger partial charge in [-0.1, -0.05) is 24.3 Å². The van der Waals surface area contributed by atoms with Gasteiger partial charge in [-0.2, -0.15) is 0 Å². The molecule has 0 fully saturated rings. The topological polar surface area (TPSA) is 84.9 Å². The number of amides is 1. The van der Waals surface area contributed by atoms with Crippen molar-refractivity contribution in [1.29, 1.82) is 0 Å². The number of ether oxygens (including phenoxy) is 2. The first-order chi connectivity index (χ1) is 14.9. The SMILES string of the molecule is CS(=O)(=O)N(CCCC(=O)N[C@H]1CCCc2ccccc21)c1ccc2c(c1)OCCO2. The Kier molecular flexibility index (Phi) is 6.36. The van der Waals surface area contributed by atoms with Crippen molar-refractivity contribution >= 4 is 21.6 Å². The van der Waals surface area contributed by atoms with Crippen LogP contribution in [0.1, 0.15) is 42.9 Å². The second kappa shape index (κ2) is 9.18. The first kappa shape index (κ1) is 21.5. The van der Waals surface area contributed by atoms with E-state index >= 15 is 0 Å². The van der Waals surface area contributed by atoms with E-state index in [9.17, 15) is 13.2 Å². The summed E-state index contributed by atoms with van der Waals surface area (Å²) < 4.78 is 37.2. The number of aryl methyl sites for hydroxylation is 1. The van der Waals surface area contributed by atoms with E-state index in [1.807, 2.05) is 12.1 Å². The number of sulfonamides is 1. The zero-order valence-corrected chi connectivity index (χ0v) is 18.5. The fourth-order valence-electron chi connectivity index (χ4n) is 4.23. The van der Waals surface area contributed by atoms with Gasteiger partial charge in [-0.05, 0) is 48.9 Å². The molecule has 1 amide bonds. The monoisotopic (exact) mass is 444 g/mol. The maximum Gasteiger partial charge on any atom is 0.232 e. The molecular formula is C23H28N2O5S. The van der Waals surface area contributed by atoms with E-state index in [2.05, 4.69) is 17.4 Å². The highest BCUT2D eigenvalue weighted by molar-refractivity contribution is 7.92. The van der Waals surface area contributed by atoms with E-state index < -0.39 is 10.0 Å². The van der Waals surface area contributed by atoms with Crippen molar-refractivity contribution in [2.24, 2.45) is 0 Å². The fourth-order valence-corrected chi connectivity index (χ4v) is 5.18. The molecule has 0 bridgehead atoms. The Morgan fingerprint density at radius 2 is 1.90 bits per heavy atom. The molecule has 1 heterocycles. The van der Waals surface area contributed by atoms with Crippen LogP contribution in [0, 0.1) is 0 Å². The maximum atomic E-state index is 12.6. The normalized spacial score (nSPS) is 17.5. The minimum atomic E-state index is -3.50. The number of nitrogens with zero attached hydrogens (tertiary/aromatic N) is 1. The molecule has 0 radical (unpaired) electrons. The summed E-state index contributed by atoms with van der Waals surface area (Å²) in [6.07, 6.45) is 4.87. The summed E-state index contributed by atoms with van der Waals surface area (Å²) in [5.74, 6) is 1.08. The van der Waals surface area contributed by atoms with Gasteiger partial charge < -0.3 is 14.8 Å². The van der Waals surface area contributed by atoms with Gasteiger partial charge in [0, 0.05) is 19.0 Å². The lowest BCUT2D eigenvalue weighted by Gasteiger charge is -2.27. The average Bonchev–Trinajstić information content (AvgIpc) is 2.76. The van der Waals surface area contributed by atoms with Crippen LogP contribution in [0.5, 0.6) is 11.5 Å². The van der Waals surface area contributed by atoms with Crippen LogP contribution in [-0.2, 0) is 21.2 Å². The highest BCUT2D eigenvalue weighted by Crippen LogP contribution is 2.35. The standard InChI is InChI=1S/C23H28N2O5S/c1-31(27,28)25(18-11-12-21-22(16-18)30-15-14-29-21)13-5-10-23(26)24-20-9-4-7-17-6-2-3-8-19(17)20/h2-3,6,8,11-12,16,20H,4-5,7,9-10,13-15H2,1H3,(H,24,26)/t20-/m0/s1. The first-order valence-electron chi connectivity index (χ1n) is 10.7. The molecule has 2 aliphatic rings. The molecule has 1 aliphatic carbocycles. The molecular weight excluding hydrogens is 416 g/mol. The molecule has 7 nitrogen and oxygen atoms in total. The fraction of sp³-hybridized carbons (Fsp3) is 0.435. The molecule has 1 aliphatic heterocycles. The number of benzene rings is 2. The number of rotatable bonds is 7. The smallest absolute Gasteiger partial charge is 0.232 e. The van der Waals surface area contributed by atoms with E-state index in [1.165, 1.54) is 21.7 Å². The predicted octanol–water partition coefficient (Wildman–Crippen LogP) is 3.20. The number of hydrogen-bond acceptors (Lipinski definition) is 5. The van der Waals surface area contributed by atoms with E-state index in [0.29, 0.717) is 36.8 Å². The average molecular weight is 445 g/mol. The molecule has 166 valence electrons. The number of anilines is 1. The Bertz CT molecular complexity index is 1050. The first-order valence-corrected chi connectivity index (χ1v) is 12.5. The van der Waals surface area contributed by atoms with Gasteiger partial charge in [-0.3, -0.25) is 9.10 Å². The molecule has 1 atom stereocenters. The summed E-state index contributed by atoms with van der Waals surface area (Å²) in [6, 6.07) is 13.3. The minimum Gasteiger partial charge on any atom is -0.486 e. The van der Waals surface area contributed by atoms with Crippen molar-refractivity contribution < 1.29 is 22.7 Å². The van der Waals surface area contributed by atoms with Crippen LogP contribution in [0.25, 0.3) is 0 Å². The van der Waals surface area contributed by atoms with E-state index in [-0.39, 0.29) is 24.9 Å². The third-order valence-electron chi connectivity index (χ3n) is 5.68. The lowest BCUT2D eigenvalue weighted by molar-refractivity contribution is -0.122. The third kappa shape index (κ3) is 5.12. The number of hydrogen-bond donors (Lipinski definition) is 1. The number of carbonyl (C=O) groups excluding carboxylic acids is 1. The third-order valence-corrected chi connectivity index (χ3v) is 6.88. The molecule has 8 heteroatoms. The summed E-state index contributed by atoms with van der Waals surface area (Å²) in [7, 11) is -3.50. The lowest BCUT2D eigenvalue weighted by Crippen LogP contribution is -2.33. The van der Waals surface area contributed by atoms with Crippen molar-refractivity contribution in [2.45, 2.75) is 38.1 Å². The van der Waals surface area contributed by atoms with Gasteiger partial charge in [-0.15, -0.1) is 0 Å². The number of nitrogens with one attached hydrogen (secondary N) is 1. The number of fused-ring (bicyclic) bond motifs is 2. The van der Waals surface area contributed by atoms with E-state index in [1.54, 1.807) is 18.2 Å². The van der Waals surface area contributed by atoms with Crippen molar-refractivity contribution in [3.05, 3.63) is 53.6 Å². The van der Waals surface area contributed by atoms with E-state index in [4.69, 9.17) is 9.47 Å². The Balaban J connectivity index is 1.37. The number of carbonyl (C=O) groups is 1. The van der Waals surface area contributed by atoms with Crippen LogP contribution in [0.15, 0.2) is 42.5 Å². The quantitative estimate of drug-likeness (QED) is 0.709. The zero-order valence-electron chi connectivity index (χ0n) is 17.7. The van der Waals surface area contributed by atoms with Crippen molar-refractivity contribution in [3.8, 4) is 11.5 Å². The Morgan fingerprint density at radius 3 is 2.71 bits per heavy atom. The zero-order chi connectivity index (χ0) is 21.8. The summed E-state index contributed by atoms with van der Waals surface area (Å²) in [4.78, 5) is 12.6. The van der Waals surface area contributed by atoms with Crippen molar-refractivity contribution in [3.63, 3.8) is 0 Å². The summed E-state index contributed by atoms with van der Waals surface area (Å²) in [6.45, 7) is 1.12. The van der Waals surface area contributed by atoms with Crippen LogP contribution in [0.2, 0.25) is 0 Å². The molecule has 1 N–H and O–H groups in total. The Morgan fingerprint density at radius 1 is 1.13 bits per heavy atom. The maximum absolute atomic E-state index is 12.6. The highest BCUT2D eigenvalue weighted by Gasteiger charge is 2.23. The molecule has 2 aromatic rings. The van der Waals surface area contributed by atoms with Gasteiger partial charge in [0.2, 0.25) is 15.9 Å². The molecule has 0 aromatic heterocycles. The van der Waals surface area contributed by atoms with Crippen LogP contribution in [0.4, 0.5) is 5.69 Å². The predicted molar refractivity (Wildman–Crippen MR) is 119 cm³/mol. The van der Waals surface area contributed by atoms with Crippen LogP contribution in [-0.4, -0.2) is 40.3 Å². The van der Waals surface area contributed by atoms with Gasteiger partial charge in [0.05, 0.1) is 18.0 Å². The molecule has 0 saturated heterocycles. The summed E-state index contributed by atoms with van der Waals surface area (Å²) >= 11 is 0. The molecule has 4 rings (SSSR count).